The molecular formula is C15H24N2O2S. The second-order valence-corrected chi connectivity index (χ2v) is 5.72. The van der Waals surface area contributed by atoms with Gasteiger partial charge in [0.15, 0.2) is 0 Å². The van der Waals surface area contributed by atoms with E-state index in [0.29, 0.717) is 12.8 Å². The minimum atomic E-state index is -0.539. The predicted octanol–water partition coefficient (Wildman–Crippen LogP) is 3.22. The van der Waals surface area contributed by atoms with Gasteiger partial charge in [0.05, 0.1) is 12.1 Å². The number of aliphatic hydroxyl groups excluding tert-OH is 1. The van der Waals surface area contributed by atoms with Crippen LogP contribution in [0.5, 0.6) is 0 Å². The lowest BCUT2D eigenvalue weighted by Crippen LogP contribution is -2.51. The van der Waals surface area contributed by atoms with Crippen molar-refractivity contribution in [2.24, 2.45) is 0 Å². The van der Waals surface area contributed by atoms with Gasteiger partial charge >= 0.3 is 6.03 Å². The third-order valence-electron chi connectivity index (χ3n) is 3.56. The summed E-state index contributed by atoms with van der Waals surface area (Å²) in [5, 5.41) is 15.1. The molecule has 1 aromatic rings. The lowest BCUT2D eigenvalue weighted by Gasteiger charge is -2.30. The van der Waals surface area contributed by atoms with Crippen LogP contribution in [0.2, 0.25) is 0 Å². The fraction of sp³-hybridized carbons (Fsp3) is 0.533. The van der Waals surface area contributed by atoms with Crippen LogP contribution in [0.4, 0.5) is 10.5 Å². The third kappa shape index (κ3) is 4.72. The van der Waals surface area contributed by atoms with E-state index in [1.54, 1.807) is 11.8 Å². The number of aliphatic hydroxyl groups is 1. The Bertz CT molecular complexity index is 408. The van der Waals surface area contributed by atoms with Crippen molar-refractivity contribution in [3.05, 3.63) is 29.8 Å². The maximum Gasteiger partial charge on any atom is 0.319 e. The highest BCUT2D eigenvalue weighted by Gasteiger charge is 2.27. The minimum Gasteiger partial charge on any atom is -0.394 e. The Kier molecular flexibility index (Phi) is 6.88. The Morgan fingerprint density at radius 1 is 1.25 bits per heavy atom. The molecule has 0 heterocycles. The van der Waals surface area contributed by atoms with Gasteiger partial charge in [0.1, 0.15) is 0 Å². The molecule has 0 unspecified atom stereocenters. The predicted molar refractivity (Wildman–Crippen MR) is 86.2 cm³/mol. The van der Waals surface area contributed by atoms with Crippen molar-refractivity contribution in [1.82, 2.24) is 5.32 Å². The molecule has 0 bridgehead atoms. The van der Waals surface area contributed by atoms with Crippen molar-refractivity contribution in [2.45, 2.75) is 38.0 Å². The topological polar surface area (TPSA) is 61.4 Å². The van der Waals surface area contributed by atoms with Crippen LogP contribution in [-0.4, -0.2) is 29.5 Å². The Balaban J connectivity index is 2.61. The number of hydrogen-bond donors (Lipinski definition) is 3. The highest BCUT2D eigenvalue weighted by Crippen LogP contribution is 2.16. The molecule has 0 atom stereocenters. The lowest BCUT2D eigenvalue weighted by molar-refractivity contribution is 0.155. The summed E-state index contributed by atoms with van der Waals surface area (Å²) in [6.07, 6.45) is 3.45. The van der Waals surface area contributed by atoms with Crippen molar-refractivity contribution in [3.63, 3.8) is 0 Å². The van der Waals surface area contributed by atoms with E-state index in [1.165, 1.54) is 5.56 Å². The molecular weight excluding hydrogens is 272 g/mol. The Hall–Kier alpha value is -1.20. The van der Waals surface area contributed by atoms with Crippen molar-refractivity contribution in [1.29, 1.82) is 0 Å². The van der Waals surface area contributed by atoms with Gasteiger partial charge in [-0.05, 0) is 36.8 Å². The molecule has 5 heteroatoms. The fourth-order valence-corrected chi connectivity index (χ4v) is 2.47. The molecule has 1 aromatic carbocycles. The van der Waals surface area contributed by atoms with Crippen molar-refractivity contribution in [3.8, 4) is 0 Å². The first-order chi connectivity index (χ1) is 9.59. The summed E-state index contributed by atoms with van der Waals surface area (Å²) in [7, 11) is 0. The summed E-state index contributed by atoms with van der Waals surface area (Å²) in [4.78, 5) is 12.0. The number of nitrogens with one attached hydrogen (secondary N) is 2. The van der Waals surface area contributed by atoms with Gasteiger partial charge in [-0.15, -0.1) is 0 Å². The minimum absolute atomic E-state index is 0.0555. The highest BCUT2D eigenvalue weighted by molar-refractivity contribution is 7.97. The molecule has 20 heavy (non-hydrogen) atoms. The van der Waals surface area contributed by atoms with Gasteiger partial charge in [-0.2, -0.15) is 11.8 Å². The van der Waals surface area contributed by atoms with Gasteiger partial charge in [0, 0.05) is 11.4 Å². The monoisotopic (exact) mass is 296 g/mol. The first kappa shape index (κ1) is 16.9. The molecule has 0 saturated heterocycles. The van der Waals surface area contributed by atoms with E-state index < -0.39 is 5.54 Å². The summed E-state index contributed by atoms with van der Waals surface area (Å²) in [5.74, 6) is 0.964. The van der Waals surface area contributed by atoms with E-state index in [-0.39, 0.29) is 12.6 Å². The average Bonchev–Trinajstić information content (AvgIpc) is 2.47. The van der Waals surface area contributed by atoms with Crippen LogP contribution in [0, 0.1) is 0 Å². The van der Waals surface area contributed by atoms with Gasteiger partial charge in [0.25, 0.3) is 0 Å². The Labute approximate surface area is 125 Å². The van der Waals surface area contributed by atoms with E-state index in [1.807, 2.05) is 38.1 Å². The highest BCUT2D eigenvalue weighted by atomic mass is 32.2. The third-order valence-corrected chi connectivity index (χ3v) is 4.18. The van der Waals surface area contributed by atoms with E-state index >= 15 is 0 Å². The maximum atomic E-state index is 12.0. The van der Waals surface area contributed by atoms with Crippen LogP contribution < -0.4 is 10.6 Å². The first-order valence-electron chi connectivity index (χ1n) is 6.87. The molecule has 112 valence electrons. The molecule has 0 aromatic heterocycles. The van der Waals surface area contributed by atoms with Gasteiger partial charge in [-0.3, -0.25) is 0 Å². The van der Waals surface area contributed by atoms with Crippen molar-refractivity contribution >= 4 is 23.5 Å². The number of rotatable bonds is 7. The largest absolute Gasteiger partial charge is 0.394 e. The van der Waals surface area contributed by atoms with Gasteiger partial charge in [0.2, 0.25) is 0 Å². The number of carbonyl (C=O) groups excluding carboxylic acids is 1. The van der Waals surface area contributed by atoms with Crippen LogP contribution in [0.25, 0.3) is 0 Å². The zero-order valence-corrected chi connectivity index (χ0v) is 13.2. The quantitative estimate of drug-likeness (QED) is 0.724. The summed E-state index contributed by atoms with van der Waals surface area (Å²) in [6.45, 7) is 3.86. The zero-order valence-electron chi connectivity index (χ0n) is 12.4. The zero-order chi connectivity index (χ0) is 15.0. The number of hydrogen-bond acceptors (Lipinski definition) is 3. The van der Waals surface area contributed by atoms with Crippen LogP contribution in [0.15, 0.2) is 24.3 Å². The van der Waals surface area contributed by atoms with E-state index in [9.17, 15) is 9.90 Å². The lowest BCUT2D eigenvalue weighted by atomic mass is 9.94. The molecule has 0 saturated carbocycles. The first-order valence-corrected chi connectivity index (χ1v) is 8.26. The number of carbonyl (C=O) groups is 1. The summed E-state index contributed by atoms with van der Waals surface area (Å²) < 4.78 is 0. The van der Waals surface area contributed by atoms with Crippen LogP contribution in [0.3, 0.4) is 0 Å². The molecule has 0 radical (unpaired) electrons. The van der Waals surface area contributed by atoms with E-state index in [2.05, 4.69) is 16.9 Å². The maximum absolute atomic E-state index is 12.0. The smallest absolute Gasteiger partial charge is 0.319 e. The molecule has 0 fully saturated rings. The van der Waals surface area contributed by atoms with Gasteiger partial charge in [-0.1, -0.05) is 26.0 Å². The number of urea groups is 1. The molecule has 0 aliphatic heterocycles. The Morgan fingerprint density at radius 2 is 1.85 bits per heavy atom. The van der Waals surface area contributed by atoms with E-state index in [4.69, 9.17) is 0 Å². The average molecular weight is 296 g/mol. The molecule has 3 N–H and O–H groups in total. The molecule has 1 rings (SSSR count). The van der Waals surface area contributed by atoms with Gasteiger partial charge in [-0.25, -0.2) is 4.79 Å². The van der Waals surface area contributed by atoms with Crippen LogP contribution in [-0.2, 0) is 5.75 Å². The second-order valence-electron chi connectivity index (χ2n) is 4.85. The molecule has 0 spiro atoms. The number of thioether (sulfide) groups is 1. The molecule has 2 amide bonds. The standard InChI is InChI=1S/C15H24N2O2S/c1-4-15(5-2,11-18)17-14(19)16-13-8-6-12(7-9-13)10-20-3/h6-9,18H,4-5,10-11H2,1-3H3,(H2,16,17,19). The van der Waals surface area contributed by atoms with Crippen LogP contribution >= 0.6 is 11.8 Å². The number of anilines is 1. The summed E-state index contributed by atoms with van der Waals surface area (Å²) in [6, 6.07) is 7.52. The second kappa shape index (κ2) is 8.17. The summed E-state index contributed by atoms with van der Waals surface area (Å²) in [5.41, 5.74) is 1.45. The van der Waals surface area contributed by atoms with Gasteiger partial charge < -0.3 is 15.7 Å². The SMILES string of the molecule is CCC(CC)(CO)NC(=O)Nc1ccc(CSC)cc1. The number of amides is 2. The van der Waals surface area contributed by atoms with Crippen molar-refractivity contribution < 1.29 is 9.90 Å². The number of benzene rings is 1. The van der Waals surface area contributed by atoms with Crippen LogP contribution in [0.1, 0.15) is 32.3 Å². The van der Waals surface area contributed by atoms with E-state index in [0.717, 1.165) is 11.4 Å². The molecule has 4 nitrogen and oxygen atoms in total. The fourth-order valence-electron chi connectivity index (χ4n) is 1.94. The molecule has 0 aliphatic carbocycles. The summed E-state index contributed by atoms with van der Waals surface area (Å²) >= 11 is 1.76. The Morgan fingerprint density at radius 3 is 2.30 bits per heavy atom. The molecule has 0 aliphatic rings. The normalized spacial score (nSPS) is 11.2. The van der Waals surface area contributed by atoms with Crippen molar-refractivity contribution in [2.75, 3.05) is 18.2 Å².